The van der Waals surface area contributed by atoms with Gasteiger partial charge in [0.05, 0.1) is 27.7 Å². The summed E-state index contributed by atoms with van der Waals surface area (Å²) in [6.07, 6.45) is 2.18. The van der Waals surface area contributed by atoms with E-state index in [9.17, 15) is 18.0 Å². The smallest absolute Gasteiger partial charge is 0.340 e. The summed E-state index contributed by atoms with van der Waals surface area (Å²) in [5.74, 6) is -1.31. The first-order valence-corrected chi connectivity index (χ1v) is 12.0. The number of ether oxygens (including phenoxy) is 1. The van der Waals surface area contributed by atoms with E-state index in [4.69, 9.17) is 27.9 Å². The molecule has 2 aromatic rings. The lowest BCUT2D eigenvalue weighted by Crippen LogP contribution is -2.37. The van der Waals surface area contributed by atoms with Crippen molar-refractivity contribution in [2.24, 2.45) is 0 Å². The molecule has 10 heteroatoms. The molecule has 1 fully saturated rings. The van der Waals surface area contributed by atoms with Gasteiger partial charge in [0.2, 0.25) is 0 Å². The van der Waals surface area contributed by atoms with Crippen molar-refractivity contribution in [1.82, 2.24) is 5.32 Å². The van der Waals surface area contributed by atoms with Gasteiger partial charge in [-0.1, -0.05) is 29.3 Å². The molecule has 0 radical (unpaired) electrons. The highest BCUT2D eigenvalue weighted by Gasteiger charge is 2.29. The van der Waals surface area contributed by atoms with E-state index in [1.165, 1.54) is 25.1 Å². The number of sulfonamides is 1. The molecule has 1 unspecified atom stereocenters. The number of nitrogens with zero attached hydrogens (tertiary/aromatic N) is 1. The Morgan fingerprint density at radius 2 is 1.88 bits per heavy atom. The van der Waals surface area contributed by atoms with E-state index in [-0.39, 0.29) is 28.1 Å². The van der Waals surface area contributed by atoms with Gasteiger partial charge in [-0.25, -0.2) is 13.2 Å². The Kier molecular flexibility index (Phi) is 7.48. The zero-order chi connectivity index (χ0) is 23.5. The van der Waals surface area contributed by atoms with Crippen molar-refractivity contribution in [1.29, 1.82) is 0 Å². The SMILES string of the molecule is C=CCN(c1ccc(Cl)cc1)S(=O)(=O)c1ccc(Cl)c(C(=O)OC(C)C(=O)NC2CC2)c1. The van der Waals surface area contributed by atoms with Crippen molar-refractivity contribution in [3.63, 3.8) is 0 Å². The van der Waals surface area contributed by atoms with Gasteiger partial charge in [0.15, 0.2) is 6.10 Å². The molecule has 1 saturated carbocycles. The average Bonchev–Trinajstić information content (AvgIpc) is 3.56. The quantitative estimate of drug-likeness (QED) is 0.414. The largest absolute Gasteiger partial charge is 0.449 e. The maximum absolute atomic E-state index is 13.3. The number of nitrogens with one attached hydrogen (secondary N) is 1. The number of amides is 1. The molecule has 0 bridgehead atoms. The summed E-state index contributed by atoms with van der Waals surface area (Å²) >= 11 is 12.0. The van der Waals surface area contributed by atoms with Crippen molar-refractivity contribution in [2.75, 3.05) is 10.8 Å². The predicted octanol–water partition coefficient (Wildman–Crippen LogP) is 4.20. The number of rotatable bonds is 9. The fraction of sp³-hybridized carbons (Fsp3) is 0.273. The van der Waals surface area contributed by atoms with Crippen LogP contribution in [0.3, 0.4) is 0 Å². The monoisotopic (exact) mass is 496 g/mol. The Hall–Kier alpha value is -2.55. The van der Waals surface area contributed by atoms with Crippen LogP contribution in [-0.2, 0) is 19.6 Å². The van der Waals surface area contributed by atoms with Gasteiger partial charge in [-0.15, -0.1) is 6.58 Å². The molecule has 3 rings (SSSR count). The van der Waals surface area contributed by atoms with Crippen molar-refractivity contribution >= 4 is 50.8 Å². The van der Waals surface area contributed by atoms with Gasteiger partial charge in [-0.3, -0.25) is 9.10 Å². The molecule has 1 atom stereocenters. The van der Waals surface area contributed by atoms with E-state index in [1.807, 2.05) is 0 Å². The molecule has 2 aromatic carbocycles. The van der Waals surface area contributed by atoms with Crippen LogP contribution in [0.2, 0.25) is 10.0 Å². The second-order valence-corrected chi connectivity index (χ2v) is 9.98. The number of hydrogen-bond donors (Lipinski definition) is 1. The summed E-state index contributed by atoms with van der Waals surface area (Å²) in [4.78, 5) is 24.5. The first-order chi connectivity index (χ1) is 15.1. The van der Waals surface area contributed by atoms with Crippen LogP contribution in [-0.4, -0.2) is 39.0 Å². The Morgan fingerprint density at radius 3 is 2.47 bits per heavy atom. The third kappa shape index (κ3) is 5.62. The van der Waals surface area contributed by atoms with Gasteiger partial charge in [0.25, 0.3) is 15.9 Å². The summed E-state index contributed by atoms with van der Waals surface area (Å²) < 4.78 is 33.0. The second kappa shape index (κ2) is 9.94. The van der Waals surface area contributed by atoms with Crippen LogP contribution in [0.4, 0.5) is 5.69 Å². The molecule has 0 heterocycles. The number of carbonyl (C=O) groups is 2. The van der Waals surface area contributed by atoms with Gasteiger partial charge >= 0.3 is 5.97 Å². The van der Waals surface area contributed by atoms with E-state index >= 15 is 0 Å². The highest BCUT2D eigenvalue weighted by atomic mass is 35.5. The lowest BCUT2D eigenvalue weighted by atomic mass is 10.2. The number of esters is 1. The fourth-order valence-electron chi connectivity index (χ4n) is 2.84. The molecule has 0 spiro atoms. The predicted molar refractivity (Wildman–Crippen MR) is 124 cm³/mol. The van der Waals surface area contributed by atoms with Gasteiger partial charge in [-0.05, 0) is 62.2 Å². The normalized spacial score (nSPS) is 14.3. The standard InChI is InChI=1S/C22H22Cl2N2O5S/c1-3-12-26(17-8-4-15(23)5-9-17)32(29,30)18-10-11-20(24)19(13-18)22(28)31-14(2)21(27)25-16-6-7-16/h3-5,8-11,13-14,16H,1,6-7,12H2,2H3,(H,25,27). The molecule has 1 aliphatic carbocycles. The van der Waals surface area contributed by atoms with E-state index in [0.717, 1.165) is 23.2 Å². The van der Waals surface area contributed by atoms with Gasteiger partial charge in [-0.2, -0.15) is 0 Å². The molecule has 0 saturated heterocycles. The molecule has 1 aliphatic rings. The van der Waals surface area contributed by atoms with Gasteiger partial charge in [0, 0.05) is 11.1 Å². The average molecular weight is 497 g/mol. The third-order valence-corrected chi connectivity index (χ3v) is 7.10. The molecule has 7 nitrogen and oxygen atoms in total. The minimum Gasteiger partial charge on any atom is -0.449 e. The zero-order valence-electron chi connectivity index (χ0n) is 17.3. The number of hydrogen-bond acceptors (Lipinski definition) is 5. The molecular formula is C22H22Cl2N2O5S. The summed E-state index contributed by atoms with van der Waals surface area (Å²) in [7, 11) is -4.08. The molecule has 170 valence electrons. The van der Waals surface area contributed by atoms with E-state index in [0.29, 0.717) is 10.7 Å². The summed E-state index contributed by atoms with van der Waals surface area (Å²) in [6, 6.07) is 10.1. The van der Waals surface area contributed by atoms with Crippen LogP contribution in [0, 0.1) is 0 Å². The fourth-order valence-corrected chi connectivity index (χ4v) is 4.62. The van der Waals surface area contributed by atoms with E-state index in [1.54, 1.807) is 24.3 Å². The molecule has 32 heavy (non-hydrogen) atoms. The Labute approximate surface area is 197 Å². The summed E-state index contributed by atoms with van der Waals surface area (Å²) in [6.45, 7) is 5.05. The van der Waals surface area contributed by atoms with Crippen LogP contribution in [0.1, 0.15) is 30.1 Å². The topological polar surface area (TPSA) is 92.8 Å². The number of anilines is 1. The lowest BCUT2D eigenvalue weighted by Gasteiger charge is -2.23. The highest BCUT2D eigenvalue weighted by molar-refractivity contribution is 7.92. The Bertz CT molecular complexity index is 1130. The zero-order valence-corrected chi connectivity index (χ0v) is 19.6. The van der Waals surface area contributed by atoms with Gasteiger partial charge < -0.3 is 10.1 Å². The third-order valence-electron chi connectivity index (χ3n) is 4.73. The van der Waals surface area contributed by atoms with Crippen molar-refractivity contribution < 1.29 is 22.7 Å². The maximum atomic E-state index is 13.3. The summed E-state index contributed by atoms with van der Waals surface area (Å²) in [5.41, 5.74) is 0.215. The van der Waals surface area contributed by atoms with Crippen molar-refractivity contribution in [2.45, 2.75) is 36.8 Å². The highest BCUT2D eigenvalue weighted by Crippen LogP contribution is 2.28. The van der Waals surface area contributed by atoms with E-state index < -0.39 is 28.0 Å². The second-order valence-electron chi connectivity index (χ2n) is 7.27. The molecule has 1 N–H and O–H groups in total. The van der Waals surface area contributed by atoms with E-state index in [2.05, 4.69) is 11.9 Å². The Balaban J connectivity index is 1.87. The van der Waals surface area contributed by atoms with Crippen molar-refractivity contribution in [3.8, 4) is 0 Å². The number of carbonyl (C=O) groups excluding carboxylic acids is 2. The van der Waals surface area contributed by atoms with Crippen LogP contribution in [0.25, 0.3) is 0 Å². The molecule has 0 aliphatic heterocycles. The molecule has 0 aromatic heterocycles. The summed E-state index contributed by atoms with van der Waals surface area (Å²) in [5, 5.41) is 3.21. The molecule has 1 amide bonds. The van der Waals surface area contributed by atoms with Gasteiger partial charge in [0.1, 0.15) is 0 Å². The van der Waals surface area contributed by atoms with Crippen LogP contribution in [0.5, 0.6) is 0 Å². The minimum atomic E-state index is -4.08. The first-order valence-electron chi connectivity index (χ1n) is 9.83. The number of halogens is 2. The lowest BCUT2D eigenvalue weighted by molar-refractivity contribution is -0.129. The van der Waals surface area contributed by atoms with Crippen LogP contribution < -0.4 is 9.62 Å². The van der Waals surface area contributed by atoms with Crippen LogP contribution in [0.15, 0.2) is 60.0 Å². The Morgan fingerprint density at radius 1 is 1.22 bits per heavy atom. The minimum absolute atomic E-state index is 0.00511. The first kappa shape index (κ1) is 24.1. The maximum Gasteiger partial charge on any atom is 0.340 e. The molecular weight excluding hydrogens is 475 g/mol. The number of benzene rings is 2. The van der Waals surface area contributed by atoms with Crippen molar-refractivity contribution in [3.05, 3.63) is 70.7 Å². The van der Waals surface area contributed by atoms with Crippen LogP contribution >= 0.6 is 23.2 Å².